The second-order valence-electron chi connectivity index (χ2n) is 20.2. The molecule has 6 heteroatoms. The van der Waals surface area contributed by atoms with Gasteiger partial charge in [-0.3, -0.25) is 14.4 Å². The Balaban J connectivity index is 3.90. The van der Waals surface area contributed by atoms with E-state index in [9.17, 15) is 14.4 Å². The van der Waals surface area contributed by atoms with Gasteiger partial charge in [-0.2, -0.15) is 0 Å². The lowest BCUT2D eigenvalue weighted by atomic mass is 10.0. The summed E-state index contributed by atoms with van der Waals surface area (Å²) in [4.78, 5) is 37.8. The molecule has 1 atom stereocenters. The maximum absolute atomic E-state index is 12.7. The zero-order valence-electron chi connectivity index (χ0n) is 46.5. The molecule has 0 spiro atoms. The number of rotatable bonds is 55. The topological polar surface area (TPSA) is 78.9 Å². The number of hydrogen-bond donors (Lipinski definition) is 0. The predicted octanol–water partition coefficient (Wildman–Crippen LogP) is 20.4. The molecule has 0 saturated carbocycles. The number of esters is 3. The van der Waals surface area contributed by atoms with Gasteiger partial charge in [0.25, 0.3) is 0 Å². The standard InChI is InChI=1S/C64H114O6/c1-4-7-10-13-15-17-19-21-23-24-25-26-27-28-29-30-31-32-33-34-35-36-37-38-39-40-41-43-44-46-48-51-54-57-63(66)69-60-61(59-68-62(65)56-53-50-12-9-6-3)70-64(67)58-55-52-49-47-45-42-22-20-18-16-14-11-8-5-2/h7,10,15,17,20-23,25-26,61H,4-6,8-9,11-14,16,18-19,24,27-60H2,1-3H3/b10-7-,17-15-,22-20-,23-21-,26-25-. The number of allylic oxidation sites excluding steroid dienone is 10. The summed E-state index contributed by atoms with van der Waals surface area (Å²) >= 11 is 0. The lowest BCUT2D eigenvalue weighted by Crippen LogP contribution is -2.30. The Labute approximate surface area is 434 Å². The van der Waals surface area contributed by atoms with Crippen LogP contribution in [0.4, 0.5) is 0 Å². The molecule has 0 saturated heterocycles. The zero-order chi connectivity index (χ0) is 50.7. The summed E-state index contributed by atoms with van der Waals surface area (Å²) in [7, 11) is 0. The molecule has 0 aliphatic heterocycles. The van der Waals surface area contributed by atoms with E-state index in [0.717, 1.165) is 96.3 Å². The summed E-state index contributed by atoms with van der Waals surface area (Å²) in [6, 6.07) is 0. The van der Waals surface area contributed by atoms with E-state index < -0.39 is 6.10 Å². The van der Waals surface area contributed by atoms with E-state index >= 15 is 0 Å². The molecule has 6 nitrogen and oxygen atoms in total. The van der Waals surface area contributed by atoms with Crippen molar-refractivity contribution < 1.29 is 28.6 Å². The Hall–Kier alpha value is -2.89. The minimum Gasteiger partial charge on any atom is -0.462 e. The molecule has 0 bridgehead atoms. The second kappa shape index (κ2) is 58.7. The van der Waals surface area contributed by atoms with Crippen molar-refractivity contribution >= 4 is 17.9 Å². The van der Waals surface area contributed by atoms with Gasteiger partial charge in [-0.15, -0.1) is 0 Å². The van der Waals surface area contributed by atoms with E-state index in [2.05, 4.69) is 81.5 Å². The van der Waals surface area contributed by atoms with Crippen LogP contribution in [0.3, 0.4) is 0 Å². The van der Waals surface area contributed by atoms with Gasteiger partial charge in [0.1, 0.15) is 13.2 Å². The number of unbranched alkanes of at least 4 members (excludes halogenated alkanes) is 34. The highest BCUT2D eigenvalue weighted by Gasteiger charge is 2.19. The van der Waals surface area contributed by atoms with Crippen LogP contribution < -0.4 is 0 Å². The van der Waals surface area contributed by atoms with E-state index in [4.69, 9.17) is 14.2 Å². The van der Waals surface area contributed by atoms with E-state index in [0.29, 0.717) is 19.3 Å². The third-order valence-corrected chi connectivity index (χ3v) is 13.3. The fourth-order valence-electron chi connectivity index (χ4n) is 8.72. The first-order valence-electron chi connectivity index (χ1n) is 30.3. The summed E-state index contributed by atoms with van der Waals surface area (Å²) in [5, 5.41) is 0. The smallest absolute Gasteiger partial charge is 0.306 e. The van der Waals surface area contributed by atoms with Crippen LogP contribution in [-0.2, 0) is 28.6 Å². The Morgan fingerprint density at radius 3 is 0.886 bits per heavy atom. The lowest BCUT2D eigenvalue weighted by Gasteiger charge is -2.18. The molecule has 0 heterocycles. The number of carbonyl (C=O) groups is 3. The van der Waals surface area contributed by atoms with Crippen molar-refractivity contribution in [2.75, 3.05) is 13.2 Å². The Morgan fingerprint density at radius 2 is 0.557 bits per heavy atom. The molecule has 0 aromatic heterocycles. The van der Waals surface area contributed by atoms with E-state index in [1.165, 1.54) is 173 Å². The number of carbonyl (C=O) groups excluding carboxylic acids is 3. The minimum atomic E-state index is -0.771. The summed E-state index contributed by atoms with van der Waals surface area (Å²) < 4.78 is 16.7. The van der Waals surface area contributed by atoms with Gasteiger partial charge in [-0.1, -0.05) is 268 Å². The normalized spacial score (nSPS) is 12.4. The molecular weight excluding hydrogens is 865 g/mol. The first-order chi connectivity index (χ1) is 34.5. The summed E-state index contributed by atoms with van der Waals surface area (Å²) in [5.41, 5.74) is 0. The monoisotopic (exact) mass is 979 g/mol. The van der Waals surface area contributed by atoms with Gasteiger partial charge < -0.3 is 14.2 Å². The van der Waals surface area contributed by atoms with Crippen molar-refractivity contribution in [3.8, 4) is 0 Å². The van der Waals surface area contributed by atoms with Crippen molar-refractivity contribution in [3.63, 3.8) is 0 Å². The van der Waals surface area contributed by atoms with Gasteiger partial charge in [0.05, 0.1) is 0 Å². The first-order valence-corrected chi connectivity index (χ1v) is 30.3. The molecule has 0 radical (unpaired) electrons. The van der Waals surface area contributed by atoms with Crippen LogP contribution in [0.5, 0.6) is 0 Å². The van der Waals surface area contributed by atoms with Crippen molar-refractivity contribution in [2.45, 2.75) is 316 Å². The maximum Gasteiger partial charge on any atom is 0.306 e. The number of ether oxygens (including phenoxy) is 3. The molecule has 0 rings (SSSR count). The molecule has 406 valence electrons. The van der Waals surface area contributed by atoms with Gasteiger partial charge in [0.2, 0.25) is 0 Å². The van der Waals surface area contributed by atoms with E-state index in [1.807, 2.05) is 0 Å². The fraction of sp³-hybridized carbons (Fsp3) is 0.797. The van der Waals surface area contributed by atoms with Gasteiger partial charge in [0, 0.05) is 19.3 Å². The van der Waals surface area contributed by atoms with Gasteiger partial charge in [-0.25, -0.2) is 0 Å². The average molecular weight is 980 g/mol. The third kappa shape index (κ3) is 56.0. The lowest BCUT2D eigenvalue weighted by molar-refractivity contribution is -0.167. The van der Waals surface area contributed by atoms with Gasteiger partial charge in [0.15, 0.2) is 6.10 Å². The molecule has 1 unspecified atom stereocenters. The largest absolute Gasteiger partial charge is 0.462 e. The quantitative estimate of drug-likeness (QED) is 0.0261. The third-order valence-electron chi connectivity index (χ3n) is 13.3. The SMILES string of the molecule is CC/C=C\C/C=C\C/C=C\C/C=C\CCCCCCCCCCCCCCCCCCCCCCC(=O)OCC(COC(=O)CCCCCCC)OC(=O)CCCCCCC/C=C\CCCCCCC. The van der Waals surface area contributed by atoms with Crippen LogP contribution in [0.25, 0.3) is 0 Å². The second-order valence-corrected chi connectivity index (χ2v) is 20.2. The Bertz CT molecular complexity index is 1260. The molecule has 0 aliphatic carbocycles. The van der Waals surface area contributed by atoms with E-state index in [-0.39, 0.29) is 31.1 Å². The van der Waals surface area contributed by atoms with Crippen molar-refractivity contribution in [3.05, 3.63) is 60.8 Å². The molecule has 0 aromatic rings. The van der Waals surface area contributed by atoms with Crippen molar-refractivity contribution in [2.24, 2.45) is 0 Å². The van der Waals surface area contributed by atoms with Crippen LogP contribution >= 0.6 is 0 Å². The zero-order valence-corrected chi connectivity index (χ0v) is 46.5. The van der Waals surface area contributed by atoms with Crippen LogP contribution in [0.1, 0.15) is 310 Å². The minimum absolute atomic E-state index is 0.0735. The molecule has 70 heavy (non-hydrogen) atoms. The van der Waals surface area contributed by atoms with Crippen LogP contribution in [0.15, 0.2) is 60.8 Å². The molecule has 0 amide bonds. The summed E-state index contributed by atoms with van der Waals surface area (Å²) in [5.74, 6) is -0.884. The highest BCUT2D eigenvalue weighted by Crippen LogP contribution is 2.17. The first kappa shape index (κ1) is 67.1. The Kier molecular flexibility index (Phi) is 56.3. The van der Waals surface area contributed by atoms with Crippen molar-refractivity contribution in [1.82, 2.24) is 0 Å². The molecule has 0 N–H and O–H groups in total. The highest BCUT2D eigenvalue weighted by molar-refractivity contribution is 5.71. The summed E-state index contributed by atoms with van der Waals surface area (Å²) in [6.07, 6.45) is 74.3. The van der Waals surface area contributed by atoms with Gasteiger partial charge >= 0.3 is 17.9 Å². The van der Waals surface area contributed by atoms with Crippen LogP contribution in [-0.4, -0.2) is 37.2 Å². The summed E-state index contributed by atoms with van der Waals surface area (Å²) in [6.45, 7) is 6.45. The molecule has 0 fully saturated rings. The average Bonchev–Trinajstić information content (AvgIpc) is 3.36. The highest BCUT2D eigenvalue weighted by atomic mass is 16.6. The molecule has 0 aliphatic rings. The van der Waals surface area contributed by atoms with Gasteiger partial charge in [-0.05, 0) is 83.5 Å². The van der Waals surface area contributed by atoms with Crippen LogP contribution in [0.2, 0.25) is 0 Å². The van der Waals surface area contributed by atoms with Crippen molar-refractivity contribution in [1.29, 1.82) is 0 Å². The molecular formula is C64H114O6. The Morgan fingerprint density at radius 1 is 0.300 bits per heavy atom. The molecule has 0 aromatic carbocycles. The fourth-order valence-corrected chi connectivity index (χ4v) is 8.72. The predicted molar refractivity (Wildman–Crippen MR) is 302 cm³/mol. The van der Waals surface area contributed by atoms with E-state index in [1.54, 1.807) is 0 Å². The van der Waals surface area contributed by atoms with Crippen LogP contribution in [0, 0.1) is 0 Å². The number of hydrogen-bond acceptors (Lipinski definition) is 6. The maximum atomic E-state index is 12.7.